The number of esters is 2. The number of benzene rings is 2. The fourth-order valence-electron chi connectivity index (χ4n) is 5.27. The molecule has 1 heterocycles. The summed E-state index contributed by atoms with van der Waals surface area (Å²) in [6.45, 7) is 5.79. The van der Waals surface area contributed by atoms with Gasteiger partial charge in [-0.05, 0) is 63.1 Å². The Morgan fingerprint density at radius 3 is 1.63 bits per heavy atom. The van der Waals surface area contributed by atoms with E-state index in [0.29, 0.717) is 67.3 Å². The van der Waals surface area contributed by atoms with Gasteiger partial charge in [0.05, 0.1) is 31.0 Å². The molecule has 1 saturated heterocycles. The Morgan fingerprint density at radius 1 is 0.800 bits per heavy atom. The lowest BCUT2D eigenvalue weighted by Gasteiger charge is -2.32. The molecule has 8 nitrogen and oxygen atoms in total. The van der Waals surface area contributed by atoms with E-state index in [2.05, 4.69) is 9.80 Å². The first-order valence-corrected chi connectivity index (χ1v) is 12.4. The first-order valence-electron chi connectivity index (χ1n) is 12.4. The molecule has 0 amide bonds. The number of aromatic hydroxyl groups is 2. The van der Waals surface area contributed by atoms with Gasteiger partial charge in [0, 0.05) is 36.3 Å². The Kier molecular flexibility index (Phi) is 7.93. The van der Waals surface area contributed by atoms with Gasteiger partial charge in [-0.1, -0.05) is 12.8 Å². The lowest BCUT2D eigenvalue weighted by atomic mass is 9.89. The van der Waals surface area contributed by atoms with Crippen molar-refractivity contribution in [3.8, 4) is 11.5 Å². The summed E-state index contributed by atoms with van der Waals surface area (Å²) in [5, 5.41) is 21.0. The van der Waals surface area contributed by atoms with Crippen molar-refractivity contribution in [2.75, 3.05) is 19.9 Å². The smallest absolute Gasteiger partial charge is 0.338 e. The molecule has 2 fully saturated rings. The number of fused-ring (bicyclic) bond motifs is 1. The van der Waals surface area contributed by atoms with Gasteiger partial charge in [0.2, 0.25) is 0 Å². The van der Waals surface area contributed by atoms with Crippen molar-refractivity contribution in [2.45, 2.75) is 64.7 Å². The van der Waals surface area contributed by atoms with Gasteiger partial charge in [-0.15, -0.1) is 0 Å². The second-order valence-electron chi connectivity index (χ2n) is 9.18. The number of phenolic OH excluding ortho intramolecular Hbond substituents is 2. The third-order valence-corrected chi connectivity index (χ3v) is 6.92. The third-order valence-electron chi connectivity index (χ3n) is 6.92. The molecule has 0 radical (unpaired) electrons. The number of carbonyl (C=O) groups is 2. The Labute approximate surface area is 206 Å². The number of hydrogen-bond acceptors (Lipinski definition) is 8. The van der Waals surface area contributed by atoms with E-state index >= 15 is 0 Å². The van der Waals surface area contributed by atoms with E-state index in [1.54, 1.807) is 50.2 Å². The maximum atomic E-state index is 12.2. The highest BCUT2D eigenvalue weighted by Gasteiger charge is 2.41. The normalized spacial score (nSPS) is 20.4. The molecular weight excluding hydrogens is 448 g/mol. The molecule has 2 aromatic carbocycles. The van der Waals surface area contributed by atoms with Crippen molar-refractivity contribution < 1.29 is 29.3 Å². The first-order chi connectivity index (χ1) is 16.9. The predicted octanol–water partition coefficient (Wildman–Crippen LogP) is 4.04. The Morgan fingerprint density at radius 2 is 1.23 bits per heavy atom. The molecule has 8 heteroatoms. The average molecular weight is 483 g/mol. The highest BCUT2D eigenvalue weighted by atomic mass is 16.5. The van der Waals surface area contributed by atoms with Crippen molar-refractivity contribution in [3.05, 3.63) is 58.7 Å². The van der Waals surface area contributed by atoms with Gasteiger partial charge in [0.25, 0.3) is 0 Å². The van der Waals surface area contributed by atoms with Gasteiger partial charge >= 0.3 is 11.9 Å². The summed E-state index contributed by atoms with van der Waals surface area (Å²) < 4.78 is 10.2. The lowest BCUT2D eigenvalue weighted by molar-refractivity contribution is 0.0516. The van der Waals surface area contributed by atoms with Crippen LogP contribution in [0.4, 0.5) is 0 Å². The molecule has 0 bridgehead atoms. The minimum absolute atomic E-state index is 0.156. The monoisotopic (exact) mass is 482 g/mol. The highest BCUT2D eigenvalue weighted by Crippen LogP contribution is 2.36. The molecule has 2 aliphatic rings. The minimum atomic E-state index is -0.399. The number of nitrogens with zero attached hydrogens (tertiary/aromatic N) is 2. The van der Waals surface area contributed by atoms with Crippen LogP contribution >= 0.6 is 0 Å². The van der Waals surface area contributed by atoms with Crippen molar-refractivity contribution in [3.63, 3.8) is 0 Å². The maximum absolute atomic E-state index is 12.2. The van der Waals surface area contributed by atoms with Gasteiger partial charge in [0.15, 0.2) is 0 Å². The summed E-state index contributed by atoms with van der Waals surface area (Å²) in [6.07, 6.45) is 4.39. The zero-order valence-corrected chi connectivity index (χ0v) is 20.4. The molecule has 2 atom stereocenters. The van der Waals surface area contributed by atoms with Gasteiger partial charge < -0.3 is 19.7 Å². The fourth-order valence-corrected chi connectivity index (χ4v) is 5.27. The minimum Gasteiger partial charge on any atom is -0.508 e. The molecule has 188 valence electrons. The van der Waals surface area contributed by atoms with E-state index in [9.17, 15) is 19.8 Å². The molecule has 2 N–H and O–H groups in total. The molecule has 0 unspecified atom stereocenters. The van der Waals surface area contributed by atoms with Gasteiger partial charge in [-0.3, -0.25) is 9.80 Å². The van der Waals surface area contributed by atoms with Crippen LogP contribution in [0.3, 0.4) is 0 Å². The third kappa shape index (κ3) is 5.60. The van der Waals surface area contributed by atoms with Crippen molar-refractivity contribution in [2.24, 2.45) is 0 Å². The highest BCUT2D eigenvalue weighted by molar-refractivity contribution is 5.90. The summed E-state index contributed by atoms with van der Waals surface area (Å²) in [5.41, 5.74) is 2.23. The van der Waals surface area contributed by atoms with Crippen LogP contribution in [0.25, 0.3) is 0 Å². The van der Waals surface area contributed by atoms with Crippen LogP contribution in [0.15, 0.2) is 36.4 Å². The zero-order valence-electron chi connectivity index (χ0n) is 20.4. The second kappa shape index (κ2) is 11.1. The standard InChI is InChI=1S/C27H34N2O6/c1-3-34-26(32)18-9-11-24(30)20(13-18)15-28-17-29(23-8-6-5-7-22(23)28)16-21-14-19(10-12-25(21)31)27(33)35-4-2/h9-14,22-23,30-31H,3-8,15-17H2,1-2H3/t22-,23+. The number of phenols is 2. The van der Waals surface area contributed by atoms with Gasteiger partial charge in [-0.2, -0.15) is 0 Å². The molecular formula is C27H34N2O6. The molecule has 35 heavy (non-hydrogen) atoms. The van der Waals surface area contributed by atoms with Gasteiger partial charge in [-0.25, -0.2) is 9.59 Å². The predicted molar refractivity (Wildman–Crippen MR) is 130 cm³/mol. The zero-order chi connectivity index (χ0) is 24.9. The van der Waals surface area contributed by atoms with E-state index in [0.717, 1.165) is 25.7 Å². The van der Waals surface area contributed by atoms with Crippen molar-refractivity contribution >= 4 is 11.9 Å². The van der Waals surface area contributed by atoms with E-state index in [1.165, 1.54) is 0 Å². The number of ether oxygens (including phenoxy) is 2. The van der Waals surface area contributed by atoms with E-state index in [1.807, 2.05) is 0 Å². The topological polar surface area (TPSA) is 99.5 Å². The van der Waals surface area contributed by atoms with Crippen LogP contribution in [0, 0.1) is 0 Å². The number of hydrogen-bond donors (Lipinski definition) is 2. The van der Waals surface area contributed by atoms with Crippen molar-refractivity contribution in [1.29, 1.82) is 0 Å². The van der Waals surface area contributed by atoms with Crippen LogP contribution in [-0.4, -0.2) is 63.9 Å². The van der Waals surface area contributed by atoms with E-state index in [-0.39, 0.29) is 11.5 Å². The Bertz CT molecular complexity index is 988. The summed E-state index contributed by atoms with van der Waals surface area (Å²) >= 11 is 0. The number of carbonyl (C=O) groups excluding carboxylic acids is 2. The van der Waals surface area contributed by atoms with Crippen LogP contribution in [0.1, 0.15) is 71.4 Å². The first kappa shape index (κ1) is 25.0. The summed E-state index contributed by atoms with van der Waals surface area (Å²) in [6, 6.07) is 10.3. The van der Waals surface area contributed by atoms with Crippen molar-refractivity contribution in [1.82, 2.24) is 9.80 Å². The van der Waals surface area contributed by atoms with E-state index < -0.39 is 11.9 Å². The molecule has 0 aromatic heterocycles. The lowest BCUT2D eigenvalue weighted by Crippen LogP contribution is -2.39. The second-order valence-corrected chi connectivity index (χ2v) is 9.18. The maximum Gasteiger partial charge on any atom is 0.338 e. The van der Waals surface area contributed by atoms with Crippen LogP contribution in [0.5, 0.6) is 11.5 Å². The summed E-state index contributed by atoms with van der Waals surface area (Å²) in [5.74, 6) is -0.485. The quantitative estimate of drug-likeness (QED) is 0.544. The summed E-state index contributed by atoms with van der Waals surface area (Å²) in [4.78, 5) is 29.1. The molecule has 1 saturated carbocycles. The van der Waals surface area contributed by atoms with Crippen LogP contribution in [-0.2, 0) is 22.6 Å². The van der Waals surface area contributed by atoms with Crippen LogP contribution in [0.2, 0.25) is 0 Å². The SMILES string of the molecule is CCOC(=O)c1ccc(O)c(CN2CN(Cc3cc(C(=O)OCC)ccc3O)[C@H]3CCCC[C@H]32)c1. The summed E-state index contributed by atoms with van der Waals surface area (Å²) in [7, 11) is 0. The average Bonchev–Trinajstić information content (AvgIpc) is 3.19. The Hall–Kier alpha value is -3.10. The van der Waals surface area contributed by atoms with E-state index in [4.69, 9.17) is 9.47 Å². The largest absolute Gasteiger partial charge is 0.508 e. The van der Waals surface area contributed by atoms with Crippen LogP contribution < -0.4 is 0 Å². The van der Waals surface area contributed by atoms with Gasteiger partial charge in [0.1, 0.15) is 11.5 Å². The molecule has 0 spiro atoms. The molecule has 2 aromatic rings. The molecule has 1 aliphatic carbocycles. The fraction of sp³-hybridized carbons (Fsp3) is 0.481. The number of rotatable bonds is 8. The Balaban J connectivity index is 1.54. The molecule has 1 aliphatic heterocycles. The molecule has 4 rings (SSSR count).